The van der Waals surface area contributed by atoms with E-state index >= 15 is 0 Å². The van der Waals surface area contributed by atoms with E-state index in [9.17, 15) is 19.5 Å². The summed E-state index contributed by atoms with van der Waals surface area (Å²) in [5.41, 5.74) is -0.404. The summed E-state index contributed by atoms with van der Waals surface area (Å²) in [7, 11) is 0. The molecular weight excluding hydrogens is 598 g/mol. The number of benzene rings is 2. The van der Waals surface area contributed by atoms with Crippen LogP contribution in [0.1, 0.15) is 51.6 Å². The summed E-state index contributed by atoms with van der Waals surface area (Å²) in [5.74, 6) is 0. The van der Waals surface area contributed by atoms with Gasteiger partial charge >= 0.3 is 12.1 Å². The quantitative estimate of drug-likeness (QED) is 0.443. The van der Waals surface area contributed by atoms with Crippen LogP contribution in [0.3, 0.4) is 0 Å². The third-order valence-corrected chi connectivity index (χ3v) is 9.84. The van der Waals surface area contributed by atoms with E-state index in [-0.39, 0.29) is 24.2 Å². The zero-order chi connectivity index (χ0) is 33.2. The van der Waals surface area contributed by atoms with E-state index in [0.717, 1.165) is 11.1 Å². The van der Waals surface area contributed by atoms with Crippen LogP contribution < -0.4 is 5.56 Å². The van der Waals surface area contributed by atoms with Crippen molar-refractivity contribution in [2.24, 2.45) is 5.41 Å². The van der Waals surface area contributed by atoms with Gasteiger partial charge in [0.25, 0.3) is 5.56 Å². The van der Waals surface area contributed by atoms with Crippen molar-refractivity contribution in [2.75, 3.05) is 45.9 Å². The van der Waals surface area contributed by atoms with Crippen molar-refractivity contribution in [3.63, 3.8) is 0 Å². The molecule has 6 rings (SSSR count). The zero-order valence-electron chi connectivity index (χ0n) is 27.5. The first-order chi connectivity index (χ1) is 22.5. The van der Waals surface area contributed by atoms with E-state index in [4.69, 9.17) is 9.47 Å². The van der Waals surface area contributed by atoms with Crippen LogP contribution in [-0.4, -0.2) is 98.6 Å². The molecule has 3 aliphatic heterocycles. The topological polar surface area (TPSA) is 117 Å². The third kappa shape index (κ3) is 6.92. The molecule has 1 unspecified atom stereocenters. The fraction of sp³-hybridized carbons (Fsp3) is 0.500. The molecule has 2 aromatic carbocycles. The summed E-state index contributed by atoms with van der Waals surface area (Å²) in [4.78, 5) is 50.6. The maximum absolute atomic E-state index is 14.4. The van der Waals surface area contributed by atoms with Crippen LogP contribution in [0.25, 0.3) is 11.3 Å². The molecule has 3 aromatic rings. The summed E-state index contributed by atoms with van der Waals surface area (Å²) < 4.78 is 12.9. The van der Waals surface area contributed by atoms with Gasteiger partial charge in [-0.3, -0.25) is 9.36 Å². The Hall–Kier alpha value is -4.22. The minimum absolute atomic E-state index is 0.0805. The fourth-order valence-electron chi connectivity index (χ4n) is 7.21. The Morgan fingerprint density at radius 1 is 0.957 bits per heavy atom. The zero-order valence-corrected chi connectivity index (χ0v) is 27.5. The number of rotatable bonds is 4. The van der Waals surface area contributed by atoms with Crippen molar-refractivity contribution >= 4 is 12.1 Å². The first-order valence-electron chi connectivity index (χ1n) is 16.5. The maximum Gasteiger partial charge on any atom is 0.410 e. The highest BCUT2D eigenvalue weighted by atomic mass is 16.6. The van der Waals surface area contributed by atoms with Gasteiger partial charge in [-0.2, -0.15) is 0 Å². The second kappa shape index (κ2) is 13.1. The normalized spacial score (nSPS) is 23.1. The molecule has 47 heavy (non-hydrogen) atoms. The number of amides is 3. The van der Waals surface area contributed by atoms with Crippen LogP contribution in [0.15, 0.2) is 77.9 Å². The average molecular weight is 644 g/mol. The Balaban J connectivity index is 1.23. The lowest BCUT2D eigenvalue weighted by atomic mass is 9.63. The molecule has 3 amide bonds. The van der Waals surface area contributed by atoms with Crippen LogP contribution in [0.4, 0.5) is 9.59 Å². The lowest BCUT2D eigenvalue weighted by Crippen LogP contribution is -2.66. The summed E-state index contributed by atoms with van der Waals surface area (Å²) in [5, 5.41) is 12.4. The Bertz CT molecular complexity index is 1620. The first-order valence-corrected chi connectivity index (χ1v) is 16.5. The highest BCUT2D eigenvalue weighted by Crippen LogP contribution is 2.48. The average Bonchev–Trinajstić information content (AvgIpc) is 3.07. The van der Waals surface area contributed by atoms with Crippen LogP contribution in [-0.2, 0) is 16.0 Å². The summed E-state index contributed by atoms with van der Waals surface area (Å²) in [6, 6.07) is 20.3. The number of hydrogen-bond donors (Lipinski definition) is 1. The molecule has 1 N–H and O–H groups in total. The van der Waals surface area contributed by atoms with Gasteiger partial charge < -0.3 is 29.3 Å². The number of urea groups is 1. The van der Waals surface area contributed by atoms with E-state index in [2.05, 4.69) is 4.98 Å². The SMILES string of the molecule is CC(C)(C)OC(=O)N1CCN(C(=O)N2CCC(O)(Cn3cnc(-c4ccccc4)cc3=O)C3(CCOCC3)C2)[C@H](c2ccccc2)C1. The van der Waals surface area contributed by atoms with E-state index in [0.29, 0.717) is 70.9 Å². The predicted octanol–water partition coefficient (Wildman–Crippen LogP) is 4.56. The second-order valence-corrected chi connectivity index (χ2v) is 14.0. The van der Waals surface area contributed by atoms with Crippen molar-refractivity contribution in [3.05, 3.63) is 89.0 Å². The molecule has 0 aliphatic carbocycles. The number of piperazine rings is 1. The molecule has 11 heteroatoms. The molecule has 2 atom stereocenters. The summed E-state index contributed by atoms with van der Waals surface area (Å²) in [6.07, 6.45) is 2.55. The van der Waals surface area contributed by atoms with Crippen molar-refractivity contribution in [3.8, 4) is 11.3 Å². The number of carbonyl (C=O) groups is 2. The molecule has 250 valence electrons. The van der Waals surface area contributed by atoms with E-state index in [1.165, 1.54) is 17.0 Å². The number of carbonyl (C=O) groups excluding carboxylic acids is 2. The van der Waals surface area contributed by atoms with Crippen molar-refractivity contribution < 1.29 is 24.2 Å². The van der Waals surface area contributed by atoms with Crippen molar-refractivity contribution in [1.82, 2.24) is 24.3 Å². The molecular formula is C36H45N5O6. The number of likely N-dealkylation sites (tertiary alicyclic amines) is 1. The molecule has 0 radical (unpaired) electrons. The van der Waals surface area contributed by atoms with Crippen molar-refractivity contribution in [1.29, 1.82) is 0 Å². The molecule has 3 fully saturated rings. The number of nitrogens with zero attached hydrogens (tertiary/aromatic N) is 5. The lowest BCUT2D eigenvalue weighted by molar-refractivity contribution is -0.174. The van der Waals surface area contributed by atoms with Gasteiger partial charge in [-0.25, -0.2) is 14.6 Å². The van der Waals surface area contributed by atoms with Gasteiger partial charge in [0.05, 0.1) is 30.2 Å². The smallest absolute Gasteiger partial charge is 0.410 e. The van der Waals surface area contributed by atoms with Gasteiger partial charge in [-0.05, 0) is 45.6 Å². The van der Waals surface area contributed by atoms with E-state index < -0.39 is 22.7 Å². The third-order valence-electron chi connectivity index (χ3n) is 9.84. The molecule has 1 aromatic heterocycles. The fourth-order valence-corrected chi connectivity index (χ4v) is 7.21. The minimum Gasteiger partial charge on any atom is -0.444 e. The van der Waals surface area contributed by atoms with Gasteiger partial charge in [0.2, 0.25) is 0 Å². The molecule has 0 bridgehead atoms. The van der Waals surface area contributed by atoms with Gasteiger partial charge in [-0.1, -0.05) is 60.7 Å². The van der Waals surface area contributed by atoms with Gasteiger partial charge in [0.15, 0.2) is 0 Å². The Labute approximate surface area is 275 Å². The van der Waals surface area contributed by atoms with E-state index in [1.54, 1.807) is 4.90 Å². The van der Waals surface area contributed by atoms with Crippen LogP contribution in [0, 0.1) is 5.41 Å². The number of piperidine rings is 1. The lowest BCUT2D eigenvalue weighted by Gasteiger charge is -2.56. The molecule has 4 heterocycles. The number of aliphatic hydroxyl groups is 1. The highest BCUT2D eigenvalue weighted by Gasteiger charge is 2.56. The minimum atomic E-state index is -1.25. The van der Waals surface area contributed by atoms with Crippen molar-refractivity contribution in [2.45, 2.75) is 63.8 Å². The Morgan fingerprint density at radius 3 is 2.30 bits per heavy atom. The molecule has 1 spiro atoms. The largest absolute Gasteiger partial charge is 0.444 e. The van der Waals surface area contributed by atoms with Crippen LogP contribution in [0.2, 0.25) is 0 Å². The molecule has 0 saturated carbocycles. The van der Waals surface area contributed by atoms with Gasteiger partial charge in [-0.15, -0.1) is 0 Å². The first kappa shape index (κ1) is 32.7. The summed E-state index contributed by atoms with van der Waals surface area (Å²) >= 11 is 0. The second-order valence-electron chi connectivity index (χ2n) is 14.0. The Morgan fingerprint density at radius 2 is 1.64 bits per heavy atom. The van der Waals surface area contributed by atoms with Gasteiger partial charge in [0.1, 0.15) is 5.60 Å². The summed E-state index contributed by atoms with van der Waals surface area (Å²) in [6.45, 7) is 8.23. The molecule has 3 aliphatic rings. The van der Waals surface area contributed by atoms with Crippen LogP contribution >= 0.6 is 0 Å². The maximum atomic E-state index is 14.4. The standard InChI is InChI=1S/C36H45N5O6/c1-34(2,3)47-33(44)38-18-19-41(30(23-38)28-12-8-5-9-13-28)32(43)39-17-14-36(45,35(24-39)15-20-46-21-16-35)25-40-26-37-29(22-31(40)42)27-10-6-4-7-11-27/h4-13,22,26,30,45H,14-21,23-25H2,1-3H3/t30-,36?/m0/s1. The number of hydrogen-bond acceptors (Lipinski definition) is 7. The number of aromatic nitrogens is 2. The highest BCUT2D eigenvalue weighted by molar-refractivity contribution is 5.76. The molecule has 3 saturated heterocycles. The van der Waals surface area contributed by atoms with Gasteiger partial charge in [0, 0.05) is 63.0 Å². The Kier molecular flexibility index (Phi) is 9.13. The molecule has 11 nitrogen and oxygen atoms in total. The van der Waals surface area contributed by atoms with Crippen LogP contribution in [0.5, 0.6) is 0 Å². The van der Waals surface area contributed by atoms with E-state index in [1.807, 2.05) is 91.2 Å². The number of ether oxygens (including phenoxy) is 2. The monoisotopic (exact) mass is 643 g/mol. The predicted molar refractivity (Wildman–Crippen MR) is 177 cm³/mol.